The molecule has 1 aliphatic carbocycles. The Kier molecular flexibility index (Phi) is 8.69. The van der Waals surface area contributed by atoms with Crippen molar-refractivity contribution in [3.8, 4) is 0 Å². The van der Waals surface area contributed by atoms with Crippen LogP contribution in [-0.4, -0.2) is 17.0 Å². The fraction of sp³-hybridized carbons (Fsp3) is 0.545. The predicted molar refractivity (Wildman–Crippen MR) is 107 cm³/mol. The molecule has 1 aromatic carbocycles. The van der Waals surface area contributed by atoms with Gasteiger partial charge in [0.15, 0.2) is 0 Å². The highest BCUT2D eigenvalue weighted by Gasteiger charge is 2.21. The highest BCUT2D eigenvalue weighted by atomic mass is 32.2. The van der Waals surface area contributed by atoms with Gasteiger partial charge in [0.25, 0.3) is 0 Å². The van der Waals surface area contributed by atoms with Crippen LogP contribution in [0.15, 0.2) is 53.0 Å². The van der Waals surface area contributed by atoms with E-state index >= 15 is 0 Å². The Morgan fingerprint density at radius 2 is 2.00 bits per heavy atom. The van der Waals surface area contributed by atoms with Crippen molar-refractivity contribution in [1.29, 1.82) is 0 Å². The fourth-order valence-electron chi connectivity index (χ4n) is 3.25. The van der Waals surface area contributed by atoms with E-state index in [-0.39, 0.29) is 6.10 Å². The molecule has 0 saturated heterocycles. The molecule has 1 nitrogen and oxygen atoms in total. The van der Waals surface area contributed by atoms with Gasteiger partial charge in [-0.1, -0.05) is 74.2 Å². The summed E-state index contributed by atoms with van der Waals surface area (Å²) in [6.45, 7) is 4.54. The molecular formula is C22H32OS. The molecule has 1 aliphatic rings. The second-order valence-electron chi connectivity index (χ2n) is 6.84. The lowest BCUT2D eigenvalue weighted by atomic mass is 10.0. The molecule has 132 valence electrons. The summed E-state index contributed by atoms with van der Waals surface area (Å²) in [5.41, 5.74) is 2.75. The van der Waals surface area contributed by atoms with E-state index in [9.17, 15) is 5.11 Å². The van der Waals surface area contributed by atoms with Crippen molar-refractivity contribution in [3.05, 3.63) is 58.5 Å². The van der Waals surface area contributed by atoms with Crippen LogP contribution in [0, 0.1) is 5.92 Å². The molecule has 0 amide bonds. The average Bonchev–Trinajstić information content (AvgIpc) is 2.94. The summed E-state index contributed by atoms with van der Waals surface area (Å²) >= 11 is 2.05. The van der Waals surface area contributed by atoms with Crippen molar-refractivity contribution in [2.75, 3.05) is 5.75 Å². The van der Waals surface area contributed by atoms with Gasteiger partial charge in [-0.15, -0.1) is 11.8 Å². The van der Waals surface area contributed by atoms with Crippen molar-refractivity contribution in [1.82, 2.24) is 0 Å². The Labute approximate surface area is 152 Å². The maximum absolute atomic E-state index is 10.3. The van der Waals surface area contributed by atoms with Gasteiger partial charge in [-0.05, 0) is 42.4 Å². The van der Waals surface area contributed by atoms with Gasteiger partial charge >= 0.3 is 0 Å². The zero-order valence-corrected chi connectivity index (χ0v) is 16.0. The zero-order valence-electron chi connectivity index (χ0n) is 15.2. The molecule has 1 aromatic rings. The minimum atomic E-state index is -0.385. The second-order valence-corrected chi connectivity index (χ2v) is 7.98. The van der Waals surface area contributed by atoms with E-state index in [2.05, 4.69) is 43.8 Å². The molecule has 0 spiro atoms. The molecule has 2 heteroatoms. The number of allylic oxidation sites excluding steroid dienone is 3. The molecule has 0 heterocycles. The molecule has 24 heavy (non-hydrogen) atoms. The maximum atomic E-state index is 10.3. The standard InChI is InChI=1S/C22H32OS/c1-3-4-5-9-16-24-22-18(2)12-13-20(22)14-15-21(23)17-19-10-7-6-8-11-19/h6-8,10-11,14-15,20-21,23H,3-5,9,12-13,16-17H2,1-2H3/b15-14+. The number of rotatable bonds is 10. The molecule has 2 unspecified atom stereocenters. The Hall–Kier alpha value is -0.990. The minimum absolute atomic E-state index is 0.385. The van der Waals surface area contributed by atoms with E-state index in [1.54, 1.807) is 10.5 Å². The summed E-state index contributed by atoms with van der Waals surface area (Å²) in [5, 5.41) is 10.3. The molecule has 1 N–H and O–H groups in total. The van der Waals surface area contributed by atoms with Crippen LogP contribution in [-0.2, 0) is 6.42 Å². The normalized spacial score (nSPS) is 19.4. The van der Waals surface area contributed by atoms with Gasteiger partial charge in [-0.2, -0.15) is 0 Å². The van der Waals surface area contributed by atoms with Gasteiger partial charge in [0.2, 0.25) is 0 Å². The predicted octanol–water partition coefficient (Wildman–Crippen LogP) is 6.14. The van der Waals surface area contributed by atoms with Crippen LogP contribution >= 0.6 is 11.8 Å². The third-order valence-corrected chi connectivity index (χ3v) is 6.15. The summed E-state index contributed by atoms with van der Waals surface area (Å²) < 4.78 is 0. The van der Waals surface area contributed by atoms with Crippen LogP contribution < -0.4 is 0 Å². The Bertz CT molecular complexity index is 532. The molecule has 0 aromatic heterocycles. The smallest absolute Gasteiger partial charge is 0.0761 e. The summed E-state index contributed by atoms with van der Waals surface area (Å²) in [6, 6.07) is 10.2. The molecule has 0 radical (unpaired) electrons. The van der Waals surface area contributed by atoms with Crippen LogP contribution in [0.1, 0.15) is 57.9 Å². The van der Waals surface area contributed by atoms with Crippen molar-refractivity contribution in [2.24, 2.45) is 5.92 Å². The first-order chi connectivity index (χ1) is 11.7. The first-order valence-electron chi connectivity index (χ1n) is 9.43. The van der Waals surface area contributed by atoms with Crippen LogP contribution in [0.5, 0.6) is 0 Å². The molecule has 2 atom stereocenters. The highest BCUT2D eigenvalue weighted by Crippen LogP contribution is 2.40. The highest BCUT2D eigenvalue weighted by molar-refractivity contribution is 8.03. The lowest BCUT2D eigenvalue weighted by Gasteiger charge is -2.12. The summed E-state index contributed by atoms with van der Waals surface area (Å²) in [6.07, 6.45) is 12.3. The SMILES string of the molecule is CCCCCCSC1=C(C)CCC1/C=C/C(O)Cc1ccccc1. The van der Waals surface area contributed by atoms with Crippen molar-refractivity contribution < 1.29 is 5.11 Å². The fourth-order valence-corrected chi connectivity index (χ4v) is 4.58. The number of benzene rings is 1. The van der Waals surface area contributed by atoms with Gasteiger partial charge in [0, 0.05) is 12.3 Å². The Morgan fingerprint density at radius 1 is 1.21 bits per heavy atom. The zero-order chi connectivity index (χ0) is 17.2. The topological polar surface area (TPSA) is 20.2 Å². The monoisotopic (exact) mass is 344 g/mol. The summed E-state index contributed by atoms with van der Waals surface area (Å²) in [4.78, 5) is 1.56. The Balaban J connectivity index is 1.81. The van der Waals surface area contributed by atoms with E-state index in [1.165, 1.54) is 49.8 Å². The van der Waals surface area contributed by atoms with Crippen LogP contribution in [0.4, 0.5) is 0 Å². The van der Waals surface area contributed by atoms with E-state index in [1.807, 2.05) is 24.3 Å². The van der Waals surface area contributed by atoms with E-state index in [0.29, 0.717) is 12.3 Å². The summed E-state index contributed by atoms with van der Waals surface area (Å²) in [5.74, 6) is 1.76. The molecular weight excluding hydrogens is 312 g/mol. The van der Waals surface area contributed by atoms with E-state index < -0.39 is 0 Å². The first kappa shape index (κ1) is 19.3. The second kappa shape index (κ2) is 10.8. The quantitative estimate of drug-likeness (QED) is 0.406. The molecule has 0 fully saturated rings. The maximum Gasteiger partial charge on any atom is 0.0761 e. The largest absolute Gasteiger partial charge is 0.389 e. The molecule has 0 bridgehead atoms. The van der Waals surface area contributed by atoms with E-state index in [0.717, 1.165) is 0 Å². The average molecular weight is 345 g/mol. The van der Waals surface area contributed by atoms with Gasteiger partial charge < -0.3 is 5.11 Å². The number of aliphatic hydroxyl groups excluding tert-OH is 1. The minimum Gasteiger partial charge on any atom is -0.389 e. The first-order valence-corrected chi connectivity index (χ1v) is 10.4. The van der Waals surface area contributed by atoms with Gasteiger partial charge in [0.1, 0.15) is 0 Å². The molecule has 0 aliphatic heterocycles. The van der Waals surface area contributed by atoms with Gasteiger partial charge in [-0.25, -0.2) is 0 Å². The number of hydrogen-bond donors (Lipinski definition) is 1. The molecule has 0 saturated carbocycles. The number of hydrogen-bond acceptors (Lipinski definition) is 2. The van der Waals surface area contributed by atoms with Crippen LogP contribution in [0.2, 0.25) is 0 Å². The van der Waals surface area contributed by atoms with Gasteiger partial charge in [0.05, 0.1) is 6.10 Å². The van der Waals surface area contributed by atoms with Crippen molar-refractivity contribution in [3.63, 3.8) is 0 Å². The third kappa shape index (κ3) is 6.49. The molecule has 2 rings (SSSR count). The third-order valence-electron chi connectivity index (χ3n) is 4.70. The lowest BCUT2D eigenvalue weighted by Crippen LogP contribution is -2.07. The number of aliphatic hydroxyl groups is 1. The number of unbranched alkanes of at least 4 members (excludes halogenated alkanes) is 3. The van der Waals surface area contributed by atoms with Crippen molar-refractivity contribution >= 4 is 11.8 Å². The Morgan fingerprint density at radius 3 is 2.75 bits per heavy atom. The van der Waals surface area contributed by atoms with Crippen molar-refractivity contribution in [2.45, 2.75) is 64.9 Å². The number of thioether (sulfide) groups is 1. The van der Waals surface area contributed by atoms with Crippen LogP contribution in [0.3, 0.4) is 0 Å². The lowest BCUT2D eigenvalue weighted by molar-refractivity contribution is 0.223. The van der Waals surface area contributed by atoms with Crippen LogP contribution in [0.25, 0.3) is 0 Å². The van der Waals surface area contributed by atoms with Gasteiger partial charge in [-0.3, -0.25) is 0 Å². The van der Waals surface area contributed by atoms with E-state index in [4.69, 9.17) is 0 Å². The summed E-state index contributed by atoms with van der Waals surface area (Å²) in [7, 11) is 0.